The van der Waals surface area contributed by atoms with Gasteiger partial charge in [-0.3, -0.25) is 15.1 Å². The predicted molar refractivity (Wildman–Crippen MR) is 71.3 cm³/mol. The van der Waals surface area contributed by atoms with Crippen molar-refractivity contribution in [2.75, 3.05) is 5.32 Å². The molecule has 3 heterocycles. The van der Waals surface area contributed by atoms with Gasteiger partial charge in [0.05, 0.1) is 10.9 Å². The summed E-state index contributed by atoms with van der Waals surface area (Å²) in [5.41, 5.74) is 1.93. The Morgan fingerprint density at radius 2 is 2.21 bits per heavy atom. The molecule has 96 valence electrons. The zero-order chi connectivity index (χ0) is 13.4. The number of thiazole rings is 1. The first-order chi connectivity index (χ1) is 9.11. The molecule has 0 saturated carbocycles. The number of rotatable bonds is 2. The topological polar surface area (TPSA) is 80.9 Å². The first-order valence-corrected chi connectivity index (χ1v) is 6.41. The summed E-state index contributed by atoms with van der Waals surface area (Å²) in [6, 6.07) is 3.51. The van der Waals surface area contributed by atoms with E-state index in [-0.39, 0.29) is 11.6 Å². The zero-order valence-electron chi connectivity index (χ0n) is 10.3. The second kappa shape index (κ2) is 4.43. The van der Waals surface area contributed by atoms with E-state index in [4.69, 9.17) is 4.52 Å². The van der Waals surface area contributed by atoms with E-state index in [2.05, 4.69) is 20.4 Å². The van der Waals surface area contributed by atoms with Crippen LogP contribution in [0.25, 0.3) is 10.2 Å². The molecule has 3 aromatic heterocycles. The van der Waals surface area contributed by atoms with Gasteiger partial charge in [-0.1, -0.05) is 16.5 Å². The van der Waals surface area contributed by atoms with Crippen LogP contribution in [0.1, 0.15) is 21.9 Å². The van der Waals surface area contributed by atoms with Gasteiger partial charge < -0.3 is 4.52 Å². The number of aryl methyl sites for hydroxylation is 2. The Labute approximate surface area is 112 Å². The van der Waals surface area contributed by atoms with E-state index in [1.165, 1.54) is 11.3 Å². The molecule has 7 heteroatoms. The quantitative estimate of drug-likeness (QED) is 0.776. The van der Waals surface area contributed by atoms with Crippen molar-refractivity contribution in [2.45, 2.75) is 13.8 Å². The van der Waals surface area contributed by atoms with Crippen LogP contribution < -0.4 is 5.32 Å². The van der Waals surface area contributed by atoms with E-state index >= 15 is 0 Å². The van der Waals surface area contributed by atoms with Gasteiger partial charge in [0.25, 0.3) is 5.91 Å². The number of carbonyl (C=O) groups is 1. The molecule has 0 aliphatic heterocycles. The number of anilines is 1. The SMILES string of the molecule is Cc1cc2sc(NC(=O)c3cc(C)on3)nc2cn1. The van der Waals surface area contributed by atoms with Gasteiger partial charge in [-0.05, 0) is 19.9 Å². The third-order valence-electron chi connectivity index (χ3n) is 2.49. The summed E-state index contributed by atoms with van der Waals surface area (Å²) in [5, 5.41) is 6.88. The number of nitrogens with one attached hydrogen (secondary N) is 1. The summed E-state index contributed by atoms with van der Waals surface area (Å²) < 4.78 is 5.85. The molecule has 0 spiro atoms. The highest BCUT2D eigenvalue weighted by atomic mass is 32.1. The lowest BCUT2D eigenvalue weighted by molar-refractivity contribution is 0.101. The zero-order valence-corrected chi connectivity index (χ0v) is 11.1. The summed E-state index contributed by atoms with van der Waals surface area (Å²) >= 11 is 1.40. The highest BCUT2D eigenvalue weighted by Gasteiger charge is 2.13. The third-order valence-corrected chi connectivity index (χ3v) is 3.43. The van der Waals surface area contributed by atoms with E-state index in [9.17, 15) is 4.79 Å². The summed E-state index contributed by atoms with van der Waals surface area (Å²) in [6.45, 7) is 3.64. The average molecular weight is 274 g/mol. The van der Waals surface area contributed by atoms with Gasteiger partial charge in [-0.15, -0.1) is 0 Å². The molecule has 6 nitrogen and oxygen atoms in total. The van der Waals surface area contributed by atoms with E-state index in [0.29, 0.717) is 10.9 Å². The molecular formula is C12H10N4O2S. The van der Waals surface area contributed by atoms with Crippen molar-refractivity contribution in [3.05, 3.63) is 35.5 Å². The summed E-state index contributed by atoms with van der Waals surface area (Å²) in [7, 11) is 0. The van der Waals surface area contributed by atoms with Crippen molar-refractivity contribution in [3.8, 4) is 0 Å². The van der Waals surface area contributed by atoms with Gasteiger partial charge in [0, 0.05) is 11.8 Å². The molecule has 1 amide bonds. The van der Waals surface area contributed by atoms with Crippen molar-refractivity contribution in [1.29, 1.82) is 0 Å². The van der Waals surface area contributed by atoms with Gasteiger partial charge >= 0.3 is 0 Å². The summed E-state index contributed by atoms with van der Waals surface area (Å²) in [5.74, 6) is 0.259. The van der Waals surface area contributed by atoms with Crippen LogP contribution in [0.15, 0.2) is 22.9 Å². The van der Waals surface area contributed by atoms with E-state index in [1.807, 2.05) is 13.0 Å². The Kier molecular flexibility index (Phi) is 2.75. The van der Waals surface area contributed by atoms with E-state index in [0.717, 1.165) is 15.9 Å². The third kappa shape index (κ3) is 2.32. The van der Waals surface area contributed by atoms with Gasteiger partial charge in [-0.2, -0.15) is 0 Å². The smallest absolute Gasteiger partial charge is 0.279 e. The molecule has 0 saturated heterocycles. The van der Waals surface area contributed by atoms with Crippen molar-refractivity contribution < 1.29 is 9.32 Å². The fraction of sp³-hybridized carbons (Fsp3) is 0.167. The van der Waals surface area contributed by atoms with Crippen molar-refractivity contribution in [2.24, 2.45) is 0 Å². The number of aromatic nitrogens is 3. The van der Waals surface area contributed by atoms with Gasteiger partial charge in [0.1, 0.15) is 11.3 Å². The van der Waals surface area contributed by atoms with E-state index < -0.39 is 0 Å². The lowest BCUT2D eigenvalue weighted by Gasteiger charge is -1.95. The van der Waals surface area contributed by atoms with Crippen LogP contribution in [-0.2, 0) is 0 Å². The number of carbonyl (C=O) groups excluding carboxylic acids is 1. The second-order valence-electron chi connectivity index (χ2n) is 4.09. The number of pyridine rings is 1. The first-order valence-electron chi connectivity index (χ1n) is 5.60. The van der Waals surface area contributed by atoms with Crippen LogP contribution in [0.5, 0.6) is 0 Å². The highest BCUT2D eigenvalue weighted by molar-refractivity contribution is 7.22. The normalized spacial score (nSPS) is 10.8. The van der Waals surface area contributed by atoms with Crippen molar-refractivity contribution >= 4 is 32.6 Å². The standard InChI is InChI=1S/C12H10N4O2S/c1-6-3-10-9(5-13-6)14-12(19-10)15-11(17)8-4-7(2)18-16-8/h3-5H,1-2H3,(H,14,15,17). The van der Waals surface area contributed by atoms with Crippen molar-refractivity contribution in [1.82, 2.24) is 15.1 Å². The fourth-order valence-electron chi connectivity index (χ4n) is 1.62. The number of hydrogen-bond donors (Lipinski definition) is 1. The predicted octanol–water partition coefficient (Wildman–Crippen LogP) is 2.55. The summed E-state index contributed by atoms with van der Waals surface area (Å²) in [6.07, 6.45) is 1.69. The van der Waals surface area contributed by atoms with Gasteiger partial charge in [-0.25, -0.2) is 4.98 Å². The molecule has 0 unspecified atom stereocenters. The largest absolute Gasteiger partial charge is 0.361 e. The molecule has 0 radical (unpaired) electrons. The molecule has 0 bridgehead atoms. The minimum atomic E-state index is -0.333. The molecule has 0 aliphatic carbocycles. The van der Waals surface area contributed by atoms with Crippen LogP contribution in [0, 0.1) is 13.8 Å². The fourth-order valence-corrected chi connectivity index (χ4v) is 2.55. The molecule has 19 heavy (non-hydrogen) atoms. The van der Waals surface area contributed by atoms with Crippen LogP contribution in [0.3, 0.4) is 0 Å². The Morgan fingerprint density at radius 1 is 1.37 bits per heavy atom. The number of amides is 1. The summed E-state index contributed by atoms with van der Waals surface area (Å²) in [4.78, 5) is 20.3. The maximum atomic E-state index is 11.9. The van der Waals surface area contributed by atoms with Gasteiger partial charge in [0.2, 0.25) is 0 Å². The highest BCUT2D eigenvalue weighted by Crippen LogP contribution is 2.26. The molecule has 0 atom stereocenters. The van der Waals surface area contributed by atoms with Crippen molar-refractivity contribution in [3.63, 3.8) is 0 Å². The average Bonchev–Trinajstić information content (AvgIpc) is 2.94. The van der Waals surface area contributed by atoms with Crippen LogP contribution in [0.2, 0.25) is 0 Å². The maximum Gasteiger partial charge on any atom is 0.279 e. The minimum absolute atomic E-state index is 0.242. The molecule has 0 aromatic carbocycles. The second-order valence-corrected chi connectivity index (χ2v) is 5.12. The Morgan fingerprint density at radius 3 is 2.95 bits per heavy atom. The van der Waals surface area contributed by atoms with Crippen LogP contribution in [-0.4, -0.2) is 21.0 Å². The number of hydrogen-bond acceptors (Lipinski definition) is 6. The lowest BCUT2D eigenvalue weighted by atomic mass is 10.3. The van der Waals surface area contributed by atoms with Crippen LogP contribution >= 0.6 is 11.3 Å². The molecule has 3 aromatic rings. The monoisotopic (exact) mass is 274 g/mol. The van der Waals surface area contributed by atoms with Gasteiger partial charge in [0.15, 0.2) is 10.8 Å². The molecule has 3 rings (SSSR count). The minimum Gasteiger partial charge on any atom is -0.361 e. The Balaban J connectivity index is 1.87. The lowest BCUT2D eigenvalue weighted by Crippen LogP contribution is -2.11. The van der Waals surface area contributed by atoms with Crippen LogP contribution in [0.4, 0.5) is 5.13 Å². The number of nitrogens with zero attached hydrogens (tertiary/aromatic N) is 3. The Hall–Kier alpha value is -2.28. The first kappa shape index (κ1) is 11.8. The van der Waals surface area contributed by atoms with E-state index in [1.54, 1.807) is 19.2 Å². The maximum absolute atomic E-state index is 11.9. The molecule has 1 N–H and O–H groups in total. The molecule has 0 fully saturated rings. The number of fused-ring (bicyclic) bond motifs is 1. The Bertz CT molecular complexity index is 762. The molecule has 0 aliphatic rings. The molecular weight excluding hydrogens is 264 g/mol.